The number of hydrogen-bond donors (Lipinski definition) is 3. The molecule has 0 saturated carbocycles. The van der Waals surface area contributed by atoms with Crippen molar-refractivity contribution in [1.82, 2.24) is 20.5 Å². The molecule has 18 heavy (non-hydrogen) atoms. The van der Waals surface area contributed by atoms with E-state index in [1.54, 1.807) is 24.3 Å². The van der Waals surface area contributed by atoms with Crippen molar-refractivity contribution < 1.29 is 9.90 Å². The molecule has 94 valence electrons. The minimum atomic E-state index is -0.0554. The third kappa shape index (κ3) is 3.58. The average Bonchev–Trinajstić information content (AvgIpc) is 2.85. The number of benzene rings is 1. The summed E-state index contributed by atoms with van der Waals surface area (Å²) in [4.78, 5) is 15.6. The summed E-state index contributed by atoms with van der Waals surface area (Å²) in [6.07, 6.45) is 2.37. The molecule has 0 fully saturated rings. The number of phenols is 1. The van der Waals surface area contributed by atoms with Gasteiger partial charge in [-0.1, -0.05) is 12.1 Å². The molecule has 0 saturated heterocycles. The minimum absolute atomic E-state index is 0.0554. The van der Waals surface area contributed by atoms with Crippen molar-refractivity contribution in [2.24, 2.45) is 0 Å². The highest BCUT2D eigenvalue weighted by molar-refractivity contribution is 5.78. The first kappa shape index (κ1) is 12.1. The smallest absolute Gasteiger partial charge is 0.224 e. The lowest BCUT2D eigenvalue weighted by molar-refractivity contribution is -0.120. The maximum atomic E-state index is 11.6. The molecule has 2 rings (SSSR count). The number of aromatic hydroxyl groups is 1. The van der Waals surface area contributed by atoms with Gasteiger partial charge in [-0.3, -0.25) is 9.89 Å². The second-order valence-corrected chi connectivity index (χ2v) is 3.88. The third-order valence-electron chi connectivity index (χ3n) is 2.45. The standard InChI is InChI=1S/C12H14N4O2/c17-10-3-1-9(2-4-10)7-12(18)13-6-5-11-14-8-15-16-11/h1-4,8,17H,5-7H2,(H,13,18)(H,14,15,16). The van der Waals surface area contributed by atoms with E-state index in [-0.39, 0.29) is 11.7 Å². The van der Waals surface area contributed by atoms with Gasteiger partial charge in [0.05, 0.1) is 6.42 Å². The number of nitrogens with zero attached hydrogens (tertiary/aromatic N) is 2. The molecule has 0 aliphatic carbocycles. The first-order valence-electron chi connectivity index (χ1n) is 5.63. The minimum Gasteiger partial charge on any atom is -0.508 e. The molecule has 0 atom stereocenters. The predicted molar refractivity (Wildman–Crippen MR) is 64.9 cm³/mol. The van der Waals surface area contributed by atoms with E-state index in [4.69, 9.17) is 5.11 Å². The van der Waals surface area contributed by atoms with E-state index in [0.717, 1.165) is 11.4 Å². The lowest BCUT2D eigenvalue weighted by atomic mass is 10.1. The summed E-state index contributed by atoms with van der Waals surface area (Å²) in [6.45, 7) is 0.520. The van der Waals surface area contributed by atoms with Crippen LogP contribution >= 0.6 is 0 Å². The molecule has 0 aliphatic heterocycles. The molecule has 1 heterocycles. The monoisotopic (exact) mass is 246 g/mol. The van der Waals surface area contributed by atoms with Crippen LogP contribution in [0, 0.1) is 0 Å². The molecular formula is C12H14N4O2. The Bertz CT molecular complexity index is 493. The SMILES string of the molecule is O=C(Cc1ccc(O)cc1)NCCc1ncn[nH]1. The van der Waals surface area contributed by atoms with Gasteiger partial charge >= 0.3 is 0 Å². The Morgan fingerprint density at radius 3 is 2.78 bits per heavy atom. The van der Waals surface area contributed by atoms with E-state index in [0.29, 0.717) is 19.4 Å². The van der Waals surface area contributed by atoms with E-state index in [2.05, 4.69) is 20.5 Å². The van der Waals surface area contributed by atoms with Gasteiger partial charge < -0.3 is 10.4 Å². The van der Waals surface area contributed by atoms with E-state index < -0.39 is 0 Å². The van der Waals surface area contributed by atoms with Crippen LogP contribution in [0.4, 0.5) is 0 Å². The number of carbonyl (C=O) groups is 1. The fraction of sp³-hybridized carbons (Fsp3) is 0.250. The van der Waals surface area contributed by atoms with Gasteiger partial charge in [0.15, 0.2) is 0 Å². The first-order valence-corrected chi connectivity index (χ1v) is 5.63. The van der Waals surface area contributed by atoms with E-state index in [1.165, 1.54) is 6.33 Å². The van der Waals surface area contributed by atoms with Crippen LogP contribution in [0.5, 0.6) is 5.75 Å². The van der Waals surface area contributed by atoms with Crippen LogP contribution in [-0.2, 0) is 17.6 Å². The molecule has 1 aromatic carbocycles. The molecule has 0 spiro atoms. The van der Waals surface area contributed by atoms with Crippen LogP contribution < -0.4 is 5.32 Å². The average molecular weight is 246 g/mol. The van der Waals surface area contributed by atoms with Gasteiger partial charge in [0.1, 0.15) is 17.9 Å². The van der Waals surface area contributed by atoms with Crippen LogP contribution in [0.3, 0.4) is 0 Å². The Kier molecular flexibility index (Phi) is 3.90. The molecular weight excluding hydrogens is 232 g/mol. The lowest BCUT2D eigenvalue weighted by Gasteiger charge is -2.04. The lowest BCUT2D eigenvalue weighted by Crippen LogP contribution is -2.27. The quantitative estimate of drug-likeness (QED) is 0.712. The highest BCUT2D eigenvalue weighted by Crippen LogP contribution is 2.09. The van der Waals surface area contributed by atoms with Gasteiger partial charge in [-0.25, -0.2) is 4.98 Å². The number of amides is 1. The fourth-order valence-corrected chi connectivity index (χ4v) is 1.53. The highest BCUT2D eigenvalue weighted by Gasteiger charge is 2.03. The number of carbonyl (C=O) groups excluding carboxylic acids is 1. The van der Waals surface area contributed by atoms with Crippen LogP contribution in [0.25, 0.3) is 0 Å². The number of nitrogens with one attached hydrogen (secondary N) is 2. The van der Waals surface area contributed by atoms with Crippen LogP contribution in [0.1, 0.15) is 11.4 Å². The van der Waals surface area contributed by atoms with Crippen molar-refractivity contribution in [2.45, 2.75) is 12.8 Å². The Balaban J connectivity index is 1.73. The molecule has 3 N–H and O–H groups in total. The third-order valence-corrected chi connectivity index (χ3v) is 2.45. The number of rotatable bonds is 5. The van der Waals surface area contributed by atoms with E-state index in [1.807, 2.05) is 0 Å². The van der Waals surface area contributed by atoms with Gasteiger partial charge in [-0.05, 0) is 17.7 Å². The zero-order chi connectivity index (χ0) is 12.8. The second-order valence-electron chi connectivity index (χ2n) is 3.88. The summed E-state index contributed by atoms with van der Waals surface area (Å²) in [5.74, 6) is 0.893. The molecule has 0 bridgehead atoms. The Labute approximate surface area is 104 Å². The zero-order valence-electron chi connectivity index (χ0n) is 9.76. The number of aromatic amines is 1. The van der Waals surface area contributed by atoms with E-state index >= 15 is 0 Å². The van der Waals surface area contributed by atoms with Gasteiger partial charge in [-0.15, -0.1) is 0 Å². The molecule has 0 unspecified atom stereocenters. The van der Waals surface area contributed by atoms with Crippen molar-refractivity contribution in [3.63, 3.8) is 0 Å². The van der Waals surface area contributed by atoms with Gasteiger partial charge in [0.2, 0.25) is 5.91 Å². The normalized spacial score (nSPS) is 10.2. The highest BCUT2D eigenvalue weighted by atomic mass is 16.3. The molecule has 0 aliphatic rings. The summed E-state index contributed by atoms with van der Waals surface area (Å²) in [5.41, 5.74) is 0.866. The molecule has 6 heteroatoms. The Hall–Kier alpha value is -2.37. The van der Waals surface area contributed by atoms with Gasteiger partial charge in [-0.2, -0.15) is 5.10 Å². The van der Waals surface area contributed by atoms with E-state index in [9.17, 15) is 4.79 Å². The summed E-state index contributed by atoms with van der Waals surface area (Å²) in [7, 11) is 0. The number of hydrogen-bond acceptors (Lipinski definition) is 4. The van der Waals surface area contributed by atoms with Crippen LogP contribution in [0.15, 0.2) is 30.6 Å². The summed E-state index contributed by atoms with van der Waals surface area (Å²) in [5, 5.41) is 18.4. The Morgan fingerprint density at radius 1 is 1.33 bits per heavy atom. The number of phenolic OH excluding ortho intramolecular Hbond substituents is 1. The van der Waals surface area contributed by atoms with Crippen molar-refractivity contribution in [3.8, 4) is 5.75 Å². The predicted octanol–water partition coefficient (Wildman–Crippen LogP) is 0.412. The number of H-pyrrole nitrogens is 1. The molecule has 6 nitrogen and oxygen atoms in total. The second kappa shape index (κ2) is 5.81. The first-order chi connectivity index (χ1) is 8.74. The molecule has 1 aromatic heterocycles. The maximum Gasteiger partial charge on any atom is 0.224 e. The topological polar surface area (TPSA) is 90.9 Å². The zero-order valence-corrected chi connectivity index (χ0v) is 9.76. The molecule has 0 radical (unpaired) electrons. The van der Waals surface area contributed by atoms with Crippen molar-refractivity contribution in [2.75, 3.05) is 6.54 Å². The van der Waals surface area contributed by atoms with Crippen LogP contribution in [0.2, 0.25) is 0 Å². The van der Waals surface area contributed by atoms with Gasteiger partial charge in [0, 0.05) is 13.0 Å². The summed E-state index contributed by atoms with van der Waals surface area (Å²) >= 11 is 0. The summed E-state index contributed by atoms with van der Waals surface area (Å²) in [6, 6.07) is 6.59. The fourth-order valence-electron chi connectivity index (χ4n) is 1.53. The van der Waals surface area contributed by atoms with Gasteiger partial charge in [0.25, 0.3) is 0 Å². The van der Waals surface area contributed by atoms with Crippen molar-refractivity contribution in [1.29, 1.82) is 0 Å². The maximum absolute atomic E-state index is 11.6. The van der Waals surface area contributed by atoms with Crippen LogP contribution in [-0.4, -0.2) is 32.7 Å². The molecule has 2 aromatic rings. The van der Waals surface area contributed by atoms with Crippen molar-refractivity contribution in [3.05, 3.63) is 42.0 Å². The Morgan fingerprint density at radius 2 is 2.11 bits per heavy atom. The van der Waals surface area contributed by atoms with Crippen molar-refractivity contribution >= 4 is 5.91 Å². The summed E-state index contributed by atoms with van der Waals surface area (Å²) < 4.78 is 0. The number of aromatic nitrogens is 3. The largest absolute Gasteiger partial charge is 0.508 e. The molecule has 1 amide bonds.